The topological polar surface area (TPSA) is 74.3 Å². The average molecular weight is 300 g/mol. The monoisotopic (exact) mass is 300 g/mol. The van der Waals surface area contributed by atoms with Crippen molar-refractivity contribution in [2.75, 3.05) is 24.9 Å². The van der Waals surface area contributed by atoms with Gasteiger partial charge in [-0.2, -0.15) is 12.7 Å². The number of pyridine rings is 1. The van der Waals surface area contributed by atoms with E-state index in [1.54, 1.807) is 25.5 Å². The first-order valence-corrected chi connectivity index (χ1v) is 8.15. The van der Waals surface area contributed by atoms with Crippen LogP contribution in [-0.2, 0) is 10.2 Å². The molecule has 0 atom stereocenters. The predicted molar refractivity (Wildman–Crippen MR) is 81.9 cm³/mol. The molecule has 0 fully saturated rings. The second-order valence-electron chi connectivity index (χ2n) is 5.08. The van der Waals surface area contributed by atoms with E-state index in [-0.39, 0.29) is 0 Å². The van der Waals surface area contributed by atoms with Gasteiger partial charge in [-0.25, -0.2) is 0 Å². The van der Waals surface area contributed by atoms with Crippen LogP contribution in [0.25, 0.3) is 0 Å². The molecule has 0 aliphatic rings. The minimum Gasteiger partial charge on any atom is -0.314 e. The van der Waals surface area contributed by atoms with E-state index < -0.39 is 10.2 Å². The Labute approximate surface area is 121 Å². The summed E-state index contributed by atoms with van der Waals surface area (Å²) in [6.45, 7) is 7.21. The normalized spacial score (nSPS) is 12.1. The van der Waals surface area contributed by atoms with E-state index in [4.69, 9.17) is 0 Å². The van der Waals surface area contributed by atoms with Crippen molar-refractivity contribution in [2.24, 2.45) is 0 Å². The van der Waals surface area contributed by atoms with Crippen molar-refractivity contribution in [2.45, 2.75) is 33.2 Å². The van der Waals surface area contributed by atoms with Crippen molar-refractivity contribution in [1.82, 2.24) is 14.6 Å². The molecule has 0 unspecified atom stereocenters. The summed E-state index contributed by atoms with van der Waals surface area (Å²) in [6.07, 6.45) is 3.97. The standard InChI is InChI=1S/C13H24N4O2S/c1-11(2)15-7-5-9-17(4)20(18,19)16-13-6-8-14-10-12(13)3/h6,8,10-11,15H,5,7,9H2,1-4H3,(H,14,16). The lowest BCUT2D eigenvalue weighted by Crippen LogP contribution is -2.35. The summed E-state index contributed by atoms with van der Waals surface area (Å²) < 4.78 is 28.2. The summed E-state index contributed by atoms with van der Waals surface area (Å²) >= 11 is 0. The Morgan fingerprint density at radius 2 is 2.10 bits per heavy atom. The van der Waals surface area contributed by atoms with Crippen molar-refractivity contribution < 1.29 is 8.42 Å². The fraction of sp³-hybridized carbons (Fsp3) is 0.615. The summed E-state index contributed by atoms with van der Waals surface area (Å²) in [5.41, 5.74) is 1.36. The van der Waals surface area contributed by atoms with Gasteiger partial charge in [0.05, 0.1) is 5.69 Å². The van der Waals surface area contributed by atoms with E-state index in [0.717, 1.165) is 18.5 Å². The maximum absolute atomic E-state index is 12.2. The molecule has 1 heterocycles. The molecule has 1 aromatic heterocycles. The first-order chi connectivity index (χ1) is 9.33. The van der Waals surface area contributed by atoms with Crippen LogP contribution < -0.4 is 10.0 Å². The highest BCUT2D eigenvalue weighted by molar-refractivity contribution is 7.90. The van der Waals surface area contributed by atoms with Crippen molar-refractivity contribution in [1.29, 1.82) is 0 Å². The summed E-state index contributed by atoms with van der Waals surface area (Å²) in [4.78, 5) is 3.94. The van der Waals surface area contributed by atoms with Crippen molar-refractivity contribution in [3.8, 4) is 0 Å². The van der Waals surface area contributed by atoms with Gasteiger partial charge in [-0.15, -0.1) is 0 Å². The molecule has 114 valence electrons. The molecule has 20 heavy (non-hydrogen) atoms. The molecule has 0 bridgehead atoms. The lowest BCUT2D eigenvalue weighted by Gasteiger charge is -2.19. The number of nitrogens with zero attached hydrogens (tertiary/aromatic N) is 2. The van der Waals surface area contributed by atoms with Crippen molar-refractivity contribution >= 4 is 15.9 Å². The Kier molecular flexibility index (Phi) is 6.38. The molecule has 0 aliphatic heterocycles. The molecular weight excluding hydrogens is 276 g/mol. The van der Waals surface area contributed by atoms with Gasteiger partial charge in [0.25, 0.3) is 0 Å². The molecular formula is C13H24N4O2S. The zero-order valence-corrected chi connectivity index (χ0v) is 13.4. The summed E-state index contributed by atoms with van der Waals surface area (Å²) in [7, 11) is -1.93. The average Bonchev–Trinajstić information content (AvgIpc) is 2.36. The SMILES string of the molecule is Cc1cnccc1NS(=O)(=O)N(C)CCCNC(C)C. The highest BCUT2D eigenvalue weighted by Crippen LogP contribution is 2.14. The van der Waals surface area contributed by atoms with Crippen molar-refractivity contribution in [3.63, 3.8) is 0 Å². The maximum Gasteiger partial charge on any atom is 0.301 e. The van der Waals surface area contributed by atoms with Gasteiger partial charge in [-0.05, 0) is 31.5 Å². The van der Waals surface area contributed by atoms with Crippen LogP contribution >= 0.6 is 0 Å². The molecule has 7 heteroatoms. The minimum absolute atomic E-state index is 0.412. The van der Waals surface area contributed by atoms with Gasteiger partial charge in [0.1, 0.15) is 0 Å². The van der Waals surface area contributed by atoms with Crippen LogP contribution in [0.15, 0.2) is 18.5 Å². The summed E-state index contributed by atoms with van der Waals surface area (Å²) in [6, 6.07) is 2.07. The number of anilines is 1. The quantitative estimate of drug-likeness (QED) is 0.711. The summed E-state index contributed by atoms with van der Waals surface area (Å²) in [5, 5.41) is 3.26. The highest BCUT2D eigenvalue weighted by atomic mass is 32.2. The van der Waals surface area contributed by atoms with Crippen molar-refractivity contribution in [3.05, 3.63) is 24.0 Å². The first kappa shape index (κ1) is 16.9. The smallest absolute Gasteiger partial charge is 0.301 e. The van der Waals surface area contributed by atoms with Gasteiger partial charge in [0, 0.05) is 32.0 Å². The third-order valence-corrected chi connectivity index (χ3v) is 4.35. The van der Waals surface area contributed by atoms with Gasteiger partial charge in [-0.1, -0.05) is 13.8 Å². The minimum atomic E-state index is -3.51. The first-order valence-electron chi connectivity index (χ1n) is 6.71. The maximum atomic E-state index is 12.2. The zero-order chi connectivity index (χ0) is 15.2. The molecule has 0 amide bonds. The molecule has 0 saturated carbocycles. The zero-order valence-electron chi connectivity index (χ0n) is 12.5. The van der Waals surface area contributed by atoms with Gasteiger partial charge >= 0.3 is 10.2 Å². The van der Waals surface area contributed by atoms with Crippen LogP contribution in [0.5, 0.6) is 0 Å². The van der Waals surface area contributed by atoms with Gasteiger partial charge < -0.3 is 5.32 Å². The van der Waals surface area contributed by atoms with E-state index in [2.05, 4.69) is 28.9 Å². The Balaban J connectivity index is 2.53. The Morgan fingerprint density at radius 1 is 1.40 bits per heavy atom. The van der Waals surface area contributed by atoms with Gasteiger partial charge in [-0.3, -0.25) is 9.71 Å². The third-order valence-electron chi connectivity index (χ3n) is 2.87. The van der Waals surface area contributed by atoms with E-state index >= 15 is 0 Å². The molecule has 1 rings (SSSR count). The Hall–Kier alpha value is -1.18. The molecule has 1 aromatic rings. The molecule has 0 aliphatic carbocycles. The fourth-order valence-electron chi connectivity index (χ4n) is 1.62. The Bertz CT molecular complexity index is 517. The molecule has 0 aromatic carbocycles. The lowest BCUT2D eigenvalue weighted by molar-refractivity contribution is 0.451. The molecule has 6 nitrogen and oxygen atoms in total. The van der Waals surface area contributed by atoms with Crippen LogP contribution in [0.4, 0.5) is 5.69 Å². The van der Waals surface area contributed by atoms with Crippen LogP contribution in [0.3, 0.4) is 0 Å². The number of nitrogens with one attached hydrogen (secondary N) is 2. The lowest BCUT2D eigenvalue weighted by atomic mass is 10.3. The van der Waals surface area contributed by atoms with E-state index in [9.17, 15) is 8.42 Å². The van der Waals surface area contributed by atoms with Crippen LogP contribution in [0, 0.1) is 6.92 Å². The second-order valence-corrected chi connectivity index (χ2v) is 6.86. The molecule has 0 radical (unpaired) electrons. The van der Waals surface area contributed by atoms with Gasteiger partial charge in [0.2, 0.25) is 0 Å². The molecule has 0 saturated heterocycles. The number of hydrogen-bond donors (Lipinski definition) is 2. The summed E-state index contributed by atoms with van der Waals surface area (Å²) in [5.74, 6) is 0. The highest BCUT2D eigenvalue weighted by Gasteiger charge is 2.17. The predicted octanol–water partition coefficient (Wildman–Crippen LogP) is 1.37. The van der Waals surface area contributed by atoms with Crippen LogP contribution in [0.1, 0.15) is 25.8 Å². The van der Waals surface area contributed by atoms with E-state index in [1.807, 2.05) is 6.92 Å². The number of hydrogen-bond acceptors (Lipinski definition) is 4. The fourth-order valence-corrected chi connectivity index (χ4v) is 2.65. The number of aryl methyl sites for hydroxylation is 1. The van der Waals surface area contributed by atoms with E-state index in [1.165, 1.54) is 4.31 Å². The Morgan fingerprint density at radius 3 is 2.70 bits per heavy atom. The largest absolute Gasteiger partial charge is 0.314 e. The van der Waals surface area contributed by atoms with Crippen LogP contribution in [-0.4, -0.2) is 43.9 Å². The third kappa shape index (κ3) is 5.44. The van der Waals surface area contributed by atoms with Gasteiger partial charge in [0.15, 0.2) is 0 Å². The number of aromatic nitrogens is 1. The van der Waals surface area contributed by atoms with E-state index in [0.29, 0.717) is 18.3 Å². The molecule has 2 N–H and O–H groups in total. The molecule has 0 spiro atoms. The second kappa shape index (κ2) is 7.56. The number of rotatable bonds is 8. The van der Waals surface area contributed by atoms with Crippen LogP contribution in [0.2, 0.25) is 0 Å².